The summed E-state index contributed by atoms with van der Waals surface area (Å²) in [6.07, 6.45) is 1.22. The Morgan fingerprint density at radius 1 is 0.897 bits per heavy atom. The van der Waals surface area contributed by atoms with Crippen LogP contribution in [0.25, 0.3) is 0 Å². The van der Waals surface area contributed by atoms with Crippen LogP contribution in [0, 0.1) is 5.92 Å². The van der Waals surface area contributed by atoms with Gasteiger partial charge in [0.05, 0.1) is 10.6 Å². The molecule has 0 aromatic heterocycles. The molecule has 1 fully saturated rings. The van der Waals surface area contributed by atoms with Gasteiger partial charge in [-0.25, -0.2) is 0 Å². The highest BCUT2D eigenvalue weighted by Crippen LogP contribution is 2.22. The van der Waals surface area contributed by atoms with Gasteiger partial charge in [0.1, 0.15) is 0 Å². The highest BCUT2D eigenvalue weighted by atomic mass is 35.5. The molecule has 3 rings (SSSR count). The van der Waals surface area contributed by atoms with Crippen molar-refractivity contribution in [3.05, 3.63) is 70.7 Å². The predicted molar refractivity (Wildman–Crippen MR) is 112 cm³/mol. The summed E-state index contributed by atoms with van der Waals surface area (Å²) >= 11 is 6.11. The van der Waals surface area contributed by atoms with E-state index in [1.807, 2.05) is 6.07 Å². The summed E-state index contributed by atoms with van der Waals surface area (Å²) in [6.45, 7) is 1.78. The summed E-state index contributed by atoms with van der Waals surface area (Å²) in [6, 6.07) is 15.9. The number of likely N-dealkylation sites (tertiary alicyclic amines) is 1. The molecule has 0 spiro atoms. The Morgan fingerprint density at radius 3 is 2.21 bits per heavy atom. The van der Waals surface area contributed by atoms with Crippen LogP contribution in [0.5, 0.6) is 0 Å². The molecule has 29 heavy (non-hydrogen) atoms. The standard InChI is InChI=1S/C22H24ClN3O3/c23-19-9-5-4-8-18(19)22(29)26-14-10-17(11-15-26)21(28)25-13-12-24-20(27)16-6-2-1-3-7-16/h1-9,17H,10-15H2,(H,24,27)(H,25,28). The molecule has 0 radical (unpaired) electrons. The zero-order valence-corrected chi connectivity index (χ0v) is 16.8. The second kappa shape index (κ2) is 10.1. The van der Waals surface area contributed by atoms with Crippen LogP contribution >= 0.6 is 11.6 Å². The number of benzene rings is 2. The molecule has 1 aliphatic heterocycles. The summed E-state index contributed by atoms with van der Waals surface area (Å²) in [5.74, 6) is -0.428. The molecule has 2 aromatic rings. The van der Waals surface area contributed by atoms with Crippen LogP contribution in [-0.2, 0) is 4.79 Å². The fraction of sp³-hybridized carbons (Fsp3) is 0.318. The van der Waals surface area contributed by atoms with Crippen LogP contribution in [0.3, 0.4) is 0 Å². The molecule has 0 bridgehead atoms. The maximum Gasteiger partial charge on any atom is 0.255 e. The van der Waals surface area contributed by atoms with Gasteiger partial charge in [-0.2, -0.15) is 0 Å². The number of hydrogen-bond acceptors (Lipinski definition) is 3. The van der Waals surface area contributed by atoms with Crippen LogP contribution < -0.4 is 10.6 Å². The van der Waals surface area contributed by atoms with E-state index in [4.69, 9.17) is 11.6 Å². The lowest BCUT2D eigenvalue weighted by atomic mass is 9.95. The first-order valence-electron chi connectivity index (χ1n) is 9.71. The van der Waals surface area contributed by atoms with E-state index in [1.54, 1.807) is 53.4 Å². The largest absolute Gasteiger partial charge is 0.354 e. The molecule has 152 valence electrons. The van der Waals surface area contributed by atoms with Crippen LogP contribution in [0.2, 0.25) is 5.02 Å². The smallest absolute Gasteiger partial charge is 0.255 e. The fourth-order valence-corrected chi connectivity index (χ4v) is 3.56. The van der Waals surface area contributed by atoms with Crippen molar-refractivity contribution in [2.45, 2.75) is 12.8 Å². The number of carbonyl (C=O) groups is 3. The van der Waals surface area contributed by atoms with E-state index in [0.717, 1.165) is 0 Å². The van der Waals surface area contributed by atoms with Gasteiger partial charge >= 0.3 is 0 Å². The van der Waals surface area contributed by atoms with Gasteiger partial charge in [-0.05, 0) is 37.1 Å². The summed E-state index contributed by atoms with van der Waals surface area (Å²) < 4.78 is 0. The van der Waals surface area contributed by atoms with Gasteiger partial charge in [-0.1, -0.05) is 41.9 Å². The Hall–Kier alpha value is -2.86. The fourth-order valence-electron chi connectivity index (χ4n) is 3.35. The molecule has 1 aliphatic rings. The second-order valence-corrected chi connectivity index (χ2v) is 7.37. The van der Waals surface area contributed by atoms with E-state index in [2.05, 4.69) is 10.6 Å². The Kier molecular flexibility index (Phi) is 7.25. The molecular weight excluding hydrogens is 390 g/mol. The van der Waals surface area contributed by atoms with Crippen molar-refractivity contribution < 1.29 is 14.4 Å². The third kappa shape index (κ3) is 5.57. The molecule has 7 heteroatoms. The molecule has 2 N–H and O–H groups in total. The minimum Gasteiger partial charge on any atom is -0.354 e. The first-order valence-corrected chi connectivity index (χ1v) is 10.1. The Morgan fingerprint density at radius 2 is 1.52 bits per heavy atom. The van der Waals surface area contributed by atoms with Gasteiger partial charge in [0.15, 0.2) is 0 Å². The summed E-state index contributed by atoms with van der Waals surface area (Å²) in [7, 11) is 0. The zero-order valence-electron chi connectivity index (χ0n) is 16.1. The molecule has 0 atom stereocenters. The lowest BCUT2D eigenvalue weighted by molar-refractivity contribution is -0.126. The number of piperidine rings is 1. The maximum absolute atomic E-state index is 12.6. The lowest BCUT2D eigenvalue weighted by Crippen LogP contribution is -2.44. The van der Waals surface area contributed by atoms with Crippen molar-refractivity contribution >= 4 is 29.3 Å². The van der Waals surface area contributed by atoms with Crippen molar-refractivity contribution in [2.75, 3.05) is 26.2 Å². The van der Waals surface area contributed by atoms with Crippen LogP contribution in [0.4, 0.5) is 0 Å². The Labute approximate surface area is 175 Å². The predicted octanol–water partition coefficient (Wildman–Crippen LogP) is 2.74. The number of nitrogens with zero attached hydrogens (tertiary/aromatic N) is 1. The van der Waals surface area contributed by atoms with E-state index in [1.165, 1.54) is 0 Å². The maximum atomic E-state index is 12.6. The summed E-state index contributed by atoms with van der Waals surface area (Å²) in [4.78, 5) is 38.7. The molecule has 0 saturated carbocycles. The van der Waals surface area contributed by atoms with Crippen molar-refractivity contribution in [3.8, 4) is 0 Å². The zero-order chi connectivity index (χ0) is 20.6. The van der Waals surface area contributed by atoms with Gasteiger partial charge in [-0.15, -0.1) is 0 Å². The monoisotopic (exact) mass is 413 g/mol. The van der Waals surface area contributed by atoms with Gasteiger partial charge in [0, 0.05) is 37.7 Å². The first kappa shape index (κ1) is 20.9. The third-order valence-corrected chi connectivity index (χ3v) is 5.33. The minimum atomic E-state index is -0.161. The van der Waals surface area contributed by atoms with Crippen molar-refractivity contribution in [2.24, 2.45) is 5.92 Å². The SMILES string of the molecule is O=C(NCCNC(=O)C1CCN(C(=O)c2ccccc2Cl)CC1)c1ccccc1. The second-order valence-electron chi connectivity index (χ2n) is 6.96. The van der Waals surface area contributed by atoms with Gasteiger partial charge < -0.3 is 15.5 Å². The topological polar surface area (TPSA) is 78.5 Å². The van der Waals surface area contributed by atoms with Crippen molar-refractivity contribution in [1.82, 2.24) is 15.5 Å². The van der Waals surface area contributed by atoms with E-state index in [-0.39, 0.29) is 23.6 Å². The third-order valence-electron chi connectivity index (χ3n) is 5.00. The number of halogens is 1. The van der Waals surface area contributed by atoms with E-state index in [9.17, 15) is 14.4 Å². The average molecular weight is 414 g/mol. The molecule has 6 nitrogen and oxygen atoms in total. The van der Waals surface area contributed by atoms with Crippen LogP contribution in [0.1, 0.15) is 33.6 Å². The minimum absolute atomic E-state index is 0.0381. The molecule has 0 aliphatic carbocycles. The highest BCUT2D eigenvalue weighted by molar-refractivity contribution is 6.33. The van der Waals surface area contributed by atoms with E-state index in [0.29, 0.717) is 55.2 Å². The molecule has 2 aromatic carbocycles. The molecule has 1 saturated heterocycles. The molecule has 3 amide bonds. The van der Waals surface area contributed by atoms with Gasteiger partial charge in [-0.3, -0.25) is 14.4 Å². The summed E-state index contributed by atoms with van der Waals surface area (Å²) in [5, 5.41) is 6.09. The summed E-state index contributed by atoms with van der Waals surface area (Å²) in [5.41, 5.74) is 1.08. The molecular formula is C22H24ClN3O3. The van der Waals surface area contributed by atoms with E-state index < -0.39 is 0 Å². The van der Waals surface area contributed by atoms with Crippen LogP contribution in [0.15, 0.2) is 54.6 Å². The molecule has 1 heterocycles. The Balaban J connectivity index is 1.38. The quantitative estimate of drug-likeness (QED) is 0.715. The van der Waals surface area contributed by atoms with Gasteiger partial charge in [0.2, 0.25) is 5.91 Å². The first-order chi connectivity index (χ1) is 14.1. The number of nitrogens with one attached hydrogen (secondary N) is 2. The van der Waals surface area contributed by atoms with Gasteiger partial charge in [0.25, 0.3) is 11.8 Å². The number of carbonyl (C=O) groups excluding carboxylic acids is 3. The normalized spacial score (nSPS) is 14.3. The molecule has 0 unspecified atom stereocenters. The lowest BCUT2D eigenvalue weighted by Gasteiger charge is -2.31. The number of rotatable bonds is 6. The van der Waals surface area contributed by atoms with Crippen molar-refractivity contribution in [1.29, 1.82) is 0 Å². The van der Waals surface area contributed by atoms with Crippen molar-refractivity contribution in [3.63, 3.8) is 0 Å². The van der Waals surface area contributed by atoms with Crippen LogP contribution in [-0.4, -0.2) is 48.8 Å². The average Bonchev–Trinajstić information content (AvgIpc) is 2.77. The highest BCUT2D eigenvalue weighted by Gasteiger charge is 2.28. The Bertz CT molecular complexity index is 865. The van der Waals surface area contributed by atoms with E-state index >= 15 is 0 Å². The number of amides is 3. The number of hydrogen-bond donors (Lipinski definition) is 2.